The highest BCUT2D eigenvalue weighted by atomic mass is 19.1. The van der Waals surface area contributed by atoms with Crippen LogP contribution in [0.1, 0.15) is 37.3 Å². The standard InChI is InChI=1S/C14H19FO/c1-10(2)12-6-5-7-13(14(12)15)11(3)8-9-16-4/h5-7,11H,1,8-9H2,2-4H3. The van der Waals surface area contributed by atoms with Crippen LogP contribution in [0.3, 0.4) is 0 Å². The van der Waals surface area contributed by atoms with E-state index in [1.807, 2.05) is 26.0 Å². The smallest absolute Gasteiger partial charge is 0.134 e. The van der Waals surface area contributed by atoms with Gasteiger partial charge in [-0.3, -0.25) is 0 Å². The Balaban J connectivity index is 2.96. The van der Waals surface area contributed by atoms with Gasteiger partial charge in [0, 0.05) is 19.3 Å². The lowest BCUT2D eigenvalue weighted by Crippen LogP contribution is -2.03. The maximum atomic E-state index is 14.1. The molecule has 0 aliphatic carbocycles. The van der Waals surface area contributed by atoms with Crippen molar-refractivity contribution in [1.29, 1.82) is 0 Å². The van der Waals surface area contributed by atoms with Gasteiger partial charge in [0.05, 0.1) is 0 Å². The minimum atomic E-state index is -0.140. The molecular formula is C14H19FO. The molecule has 0 aliphatic heterocycles. The van der Waals surface area contributed by atoms with Crippen LogP contribution in [-0.2, 0) is 4.74 Å². The first-order chi connectivity index (χ1) is 7.57. The van der Waals surface area contributed by atoms with E-state index in [1.54, 1.807) is 13.2 Å². The van der Waals surface area contributed by atoms with Crippen LogP contribution in [0, 0.1) is 5.82 Å². The predicted molar refractivity (Wildman–Crippen MR) is 66.0 cm³/mol. The fourth-order valence-electron chi connectivity index (χ4n) is 1.71. The van der Waals surface area contributed by atoms with Crippen LogP contribution in [-0.4, -0.2) is 13.7 Å². The monoisotopic (exact) mass is 222 g/mol. The van der Waals surface area contributed by atoms with Gasteiger partial charge in [-0.2, -0.15) is 0 Å². The summed E-state index contributed by atoms with van der Waals surface area (Å²) >= 11 is 0. The van der Waals surface area contributed by atoms with Gasteiger partial charge in [-0.05, 0) is 30.4 Å². The molecule has 0 saturated heterocycles. The largest absolute Gasteiger partial charge is 0.385 e. The van der Waals surface area contributed by atoms with Crippen molar-refractivity contribution in [2.45, 2.75) is 26.2 Å². The number of allylic oxidation sites excluding steroid dienone is 1. The number of ether oxygens (including phenoxy) is 1. The molecule has 0 aromatic heterocycles. The minimum Gasteiger partial charge on any atom is -0.385 e. The van der Waals surface area contributed by atoms with E-state index in [-0.39, 0.29) is 11.7 Å². The Bertz CT molecular complexity index is 371. The Morgan fingerprint density at radius 3 is 2.75 bits per heavy atom. The summed E-state index contributed by atoms with van der Waals surface area (Å²) in [6.45, 7) is 8.27. The summed E-state index contributed by atoms with van der Waals surface area (Å²) in [5.41, 5.74) is 2.12. The molecule has 1 aromatic carbocycles. The highest BCUT2D eigenvalue weighted by Crippen LogP contribution is 2.26. The zero-order chi connectivity index (χ0) is 12.1. The molecule has 1 nitrogen and oxygen atoms in total. The van der Waals surface area contributed by atoms with Crippen molar-refractivity contribution in [2.75, 3.05) is 13.7 Å². The van der Waals surface area contributed by atoms with Crippen LogP contribution in [0.5, 0.6) is 0 Å². The van der Waals surface area contributed by atoms with Crippen molar-refractivity contribution >= 4 is 5.57 Å². The number of methoxy groups -OCH3 is 1. The number of hydrogen-bond donors (Lipinski definition) is 0. The molecule has 88 valence electrons. The molecule has 0 bridgehead atoms. The molecule has 1 unspecified atom stereocenters. The minimum absolute atomic E-state index is 0.140. The first-order valence-corrected chi connectivity index (χ1v) is 5.51. The van der Waals surface area contributed by atoms with Gasteiger partial charge in [0.2, 0.25) is 0 Å². The van der Waals surface area contributed by atoms with Crippen molar-refractivity contribution in [2.24, 2.45) is 0 Å². The summed E-state index contributed by atoms with van der Waals surface area (Å²) in [4.78, 5) is 0. The van der Waals surface area contributed by atoms with Gasteiger partial charge >= 0.3 is 0 Å². The zero-order valence-corrected chi connectivity index (χ0v) is 10.2. The van der Waals surface area contributed by atoms with Gasteiger partial charge in [0.25, 0.3) is 0 Å². The molecule has 1 rings (SSSR count). The maximum absolute atomic E-state index is 14.1. The predicted octanol–water partition coefficient (Wildman–Crippen LogP) is 4.00. The van der Waals surface area contributed by atoms with Crippen molar-refractivity contribution in [3.8, 4) is 0 Å². The van der Waals surface area contributed by atoms with E-state index in [0.29, 0.717) is 12.2 Å². The molecule has 0 heterocycles. The van der Waals surface area contributed by atoms with Gasteiger partial charge in [-0.15, -0.1) is 0 Å². The third-order valence-electron chi connectivity index (χ3n) is 2.77. The second kappa shape index (κ2) is 5.80. The molecule has 0 amide bonds. The van der Waals surface area contributed by atoms with E-state index in [0.717, 1.165) is 17.6 Å². The van der Waals surface area contributed by atoms with E-state index in [2.05, 4.69) is 6.58 Å². The Morgan fingerprint density at radius 2 is 2.19 bits per heavy atom. The van der Waals surface area contributed by atoms with Gasteiger partial charge in [-0.1, -0.05) is 31.7 Å². The highest BCUT2D eigenvalue weighted by molar-refractivity contribution is 5.62. The Kier molecular flexibility index (Phi) is 4.69. The third-order valence-corrected chi connectivity index (χ3v) is 2.77. The van der Waals surface area contributed by atoms with E-state index in [9.17, 15) is 4.39 Å². The molecule has 2 heteroatoms. The van der Waals surface area contributed by atoms with Crippen molar-refractivity contribution < 1.29 is 9.13 Å². The summed E-state index contributed by atoms with van der Waals surface area (Å²) in [7, 11) is 1.66. The Hall–Kier alpha value is -1.15. The van der Waals surface area contributed by atoms with Crippen LogP contribution < -0.4 is 0 Å². The van der Waals surface area contributed by atoms with E-state index >= 15 is 0 Å². The fourth-order valence-corrected chi connectivity index (χ4v) is 1.71. The number of benzene rings is 1. The van der Waals surface area contributed by atoms with Crippen LogP contribution in [0.15, 0.2) is 24.8 Å². The van der Waals surface area contributed by atoms with Crippen LogP contribution >= 0.6 is 0 Å². The summed E-state index contributed by atoms with van der Waals surface area (Å²) in [6, 6.07) is 5.48. The Labute approximate surface area is 96.9 Å². The normalized spacial score (nSPS) is 12.5. The number of hydrogen-bond acceptors (Lipinski definition) is 1. The third kappa shape index (κ3) is 2.92. The first kappa shape index (κ1) is 12.9. The molecular weight excluding hydrogens is 203 g/mol. The summed E-state index contributed by atoms with van der Waals surface area (Å²) in [6.07, 6.45) is 0.826. The second-order valence-corrected chi connectivity index (χ2v) is 4.17. The van der Waals surface area contributed by atoms with Crippen molar-refractivity contribution in [3.05, 3.63) is 41.7 Å². The van der Waals surface area contributed by atoms with Crippen LogP contribution in [0.2, 0.25) is 0 Å². The molecule has 1 atom stereocenters. The maximum Gasteiger partial charge on any atom is 0.134 e. The highest BCUT2D eigenvalue weighted by Gasteiger charge is 2.13. The molecule has 0 N–H and O–H groups in total. The van der Waals surface area contributed by atoms with Gasteiger partial charge in [0.15, 0.2) is 0 Å². The first-order valence-electron chi connectivity index (χ1n) is 5.51. The number of rotatable bonds is 5. The molecule has 0 saturated carbocycles. The number of halogens is 1. The Morgan fingerprint density at radius 1 is 1.50 bits per heavy atom. The molecule has 1 aromatic rings. The quantitative estimate of drug-likeness (QED) is 0.731. The van der Waals surface area contributed by atoms with Gasteiger partial charge in [-0.25, -0.2) is 4.39 Å². The fraction of sp³-hybridized carbons (Fsp3) is 0.429. The lowest BCUT2D eigenvalue weighted by molar-refractivity contribution is 0.189. The molecule has 0 radical (unpaired) electrons. The molecule has 0 fully saturated rings. The molecule has 0 spiro atoms. The van der Waals surface area contributed by atoms with Crippen molar-refractivity contribution in [3.63, 3.8) is 0 Å². The SMILES string of the molecule is C=C(C)c1cccc(C(C)CCOC)c1F. The molecule has 0 aliphatic rings. The summed E-state index contributed by atoms with van der Waals surface area (Å²) in [5.74, 6) is 0.0258. The van der Waals surface area contributed by atoms with Crippen molar-refractivity contribution in [1.82, 2.24) is 0 Å². The zero-order valence-electron chi connectivity index (χ0n) is 10.2. The topological polar surface area (TPSA) is 9.23 Å². The van der Waals surface area contributed by atoms with Gasteiger partial charge in [0.1, 0.15) is 5.82 Å². The van der Waals surface area contributed by atoms with Crippen LogP contribution in [0.4, 0.5) is 4.39 Å². The van der Waals surface area contributed by atoms with E-state index in [1.165, 1.54) is 0 Å². The van der Waals surface area contributed by atoms with E-state index in [4.69, 9.17) is 4.74 Å². The lowest BCUT2D eigenvalue weighted by atomic mass is 9.94. The van der Waals surface area contributed by atoms with Crippen LogP contribution in [0.25, 0.3) is 5.57 Å². The van der Waals surface area contributed by atoms with Gasteiger partial charge < -0.3 is 4.74 Å². The van der Waals surface area contributed by atoms with E-state index < -0.39 is 0 Å². The summed E-state index contributed by atoms with van der Waals surface area (Å²) < 4.78 is 19.1. The second-order valence-electron chi connectivity index (χ2n) is 4.17. The summed E-state index contributed by atoms with van der Waals surface area (Å²) in [5, 5.41) is 0. The molecule has 16 heavy (non-hydrogen) atoms. The average molecular weight is 222 g/mol. The lowest BCUT2D eigenvalue weighted by Gasteiger charge is -2.14. The average Bonchev–Trinajstić information content (AvgIpc) is 2.25.